The lowest BCUT2D eigenvalue weighted by molar-refractivity contribution is 0.293. The molecule has 0 aliphatic carbocycles. The highest BCUT2D eigenvalue weighted by molar-refractivity contribution is 7.80. The van der Waals surface area contributed by atoms with Crippen molar-refractivity contribution in [1.29, 1.82) is 0 Å². The van der Waals surface area contributed by atoms with E-state index < -0.39 is 0 Å². The van der Waals surface area contributed by atoms with Gasteiger partial charge in [0, 0.05) is 25.0 Å². The maximum atomic E-state index is 5.62. The van der Waals surface area contributed by atoms with Crippen LogP contribution in [0, 0.1) is 5.41 Å². The molecule has 0 spiro atoms. The van der Waals surface area contributed by atoms with E-state index in [0.717, 1.165) is 13.1 Å². The molecule has 2 heterocycles. The Kier molecular flexibility index (Phi) is 3.33. The Balaban J connectivity index is 2.22. The first kappa shape index (κ1) is 12.3. The molecule has 1 fully saturated rings. The molecule has 2 N–H and O–H groups in total. The van der Waals surface area contributed by atoms with Gasteiger partial charge in [-0.2, -0.15) is 0 Å². The van der Waals surface area contributed by atoms with Crippen molar-refractivity contribution >= 4 is 22.9 Å². The fraction of sp³-hybridized carbons (Fsp3) is 0.538. The monoisotopic (exact) mass is 249 g/mol. The van der Waals surface area contributed by atoms with Gasteiger partial charge in [0.25, 0.3) is 0 Å². The van der Waals surface area contributed by atoms with Crippen molar-refractivity contribution in [1.82, 2.24) is 4.98 Å². The first-order valence-electron chi connectivity index (χ1n) is 5.99. The molecule has 3 nitrogen and oxygen atoms in total. The van der Waals surface area contributed by atoms with Gasteiger partial charge in [-0.25, -0.2) is 0 Å². The zero-order valence-corrected chi connectivity index (χ0v) is 11.3. The third kappa shape index (κ3) is 2.94. The third-order valence-corrected chi connectivity index (χ3v) is 3.47. The molecule has 0 unspecified atom stereocenters. The van der Waals surface area contributed by atoms with Crippen LogP contribution in [0.5, 0.6) is 0 Å². The van der Waals surface area contributed by atoms with Crippen LogP contribution in [0.15, 0.2) is 18.3 Å². The first-order chi connectivity index (χ1) is 7.98. The van der Waals surface area contributed by atoms with E-state index in [0.29, 0.717) is 16.1 Å². The predicted molar refractivity (Wildman–Crippen MR) is 75.4 cm³/mol. The summed E-state index contributed by atoms with van der Waals surface area (Å²) in [6.07, 6.45) is 4.31. The molecule has 1 aromatic heterocycles. The van der Waals surface area contributed by atoms with Gasteiger partial charge in [0.1, 0.15) is 4.99 Å². The van der Waals surface area contributed by atoms with Crippen molar-refractivity contribution in [2.75, 3.05) is 18.0 Å². The van der Waals surface area contributed by atoms with Crippen molar-refractivity contribution in [2.24, 2.45) is 11.1 Å². The SMILES string of the molecule is CC1(C)CCCN(c2ccnc(C(N)=S)c2)C1. The molecule has 1 aliphatic heterocycles. The molecule has 4 heteroatoms. The van der Waals surface area contributed by atoms with Gasteiger partial charge in [-0.1, -0.05) is 26.1 Å². The predicted octanol–water partition coefficient (Wildman–Crippen LogP) is 2.34. The van der Waals surface area contributed by atoms with Crippen LogP contribution in [0.2, 0.25) is 0 Å². The van der Waals surface area contributed by atoms with Gasteiger partial charge in [-0.15, -0.1) is 0 Å². The minimum Gasteiger partial charge on any atom is -0.388 e. The molecule has 0 aromatic carbocycles. The van der Waals surface area contributed by atoms with Gasteiger partial charge < -0.3 is 10.6 Å². The van der Waals surface area contributed by atoms with Gasteiger partial charge >= 0.3 is 0 Å². The number of aromatic nitrogens is 1. The van der Waals surface area contributed by atoms with Crippen LogP contribution in [-0.4, -0.2) is 23.1 Å². The summed E-state index contributed by atoms with van der Waals surface area (Å²) < 4.78 is 0. The van der Waals surface area contributed by atoms with Gasteiger partial charge in [-0.3, -0.25) is 4.98 Å². The van der Waals surface area contributed by atoms with Crippen molar-refractivity contribution in [2.45, 2.75) is 26.7 Å². The van der Waals surface area contributed by atoms with Crippen molar-refractivity contribution in [3.63, 3.8) is 0 Å². The summed E-state index contributed by atoms with van der Waals surface area (Å²) in [4.78, 5) is 6.94. The number of anilines is 1. The highest BCUT2D eigenvalue weighted by atomic mass is 32.1. The lowest BCUT2D eigenvalue weighted by Gasteiger charge is -2.39. The lowest BCUT2D eigenvalue weighted by atomic mass is 9.84. The molecule has 0 bridgehead atoms. The Labute approximate surface area is 108 Å². The van der Waals surface area contributed by atoms with Crippen LogP contribution in [0.25, 0.3) is 0 Å². The van der Waals surface area contributed by atoms with Crippen LogP contribution in [0.3, 0.4) is 0 Å². The molecule has 2 rings (SSSR count). The van der Waals surface area contributed by atoms with Gasteiger partial charge in [0.15, 0.2) is 0 Å². The van der Waals surface area contributed by atoms with Crippen LogP contribution >= 0.6 is 12.2 Å². The normalized spacial score (nSPS) is 19.1. The van der Waals surface area contributed by atoms with Crippen LogP contribution < -0.4 is 10.6 Å². The summed E-state index contributed by atoms with van der Waals surface area (Å²) >= 11 is 4.96. The largest absolute Gasteiger partial charge is 0.388 e. The summed E-state index contributed by atoms with van der Waals surface area (Å²) in [5, 5.41) is 0. The summed E-state index contributed by atoms with van der Waals surface area (Å²) in [5.74, 6) is 0. The van der Waals surface area contributed by atoms with E-state index in [4.69, 9.17) is 18.0 Å². The molecule has 1 aromatic rings. The van der Waals surface area contributed by atoms with E-state index in [9.17, 15) is 0 Å². The average molecular weight is 249 g/mol. The Morgan fingerprint density at radius 1 is 1.53 bits per heavy atom. The van der Waals surface area contributed by atoms with Crippen molar-refractivity contribution < 1.29 is 0 Å². The summed E-state index contributed by atoms with van der Waals surface area (Å²) in [7, 11) is 0. The number of nitrogens with zero attached hydrogens (tertiary/aromatic N) is 2. The number of thiocarbonyl (C=S) groups is 1. The fourth-order valence-electron chi connectivity index (χ4n) is 2.39. The van der Waals surface area contributed by atoms with E-state index in [-0.39, 0.29) is 0 Å². The van der Waals surface area contributed by atoms with Crippen molar-refractivity contribution in [3.8, 4) is 0 Å². The van der Waals surface area contributed by atoms with Crippen LogP contribution in [0.1, 0.15) is 32.4 Å². The van der Waals surface area contributed by atoms with Crippen LogP contribution in [0.4, 0.5) is 5.69 Å². The van der Waals surface area contributed by atoms with Crippen LogP contribution in [-0.2, 0) is 0 Å². The summed E-state index contributed by atoms with van der Waals surface area (Å²) in [6, 6.07) is 4.02. The molecule has 0 saturated carbocycles. The smallest absolute Gasteiger partial charge is 0.122 e. The molecule has 0 amide bonds. The molecule has 0 atom stereocenters. The average Bonchev–Trinajstić information content (AvgIpc) is 2.28. The number of piperidine rings is 1. The molecule has 92 valence electrons. The summed E-state index contributed by atoms with van der Waals surface area (Å²) in [5.41, 5.74) is 7.88. The van der Waals surface area contributed by atoms with E-state index in [1.807, 2.05) is 12.1 Å². The molecule has 0 radical (unpaired) electrons. The number of pyridine rings is 1. The van der Waals surface area contributed by atoms with Gasteiger partial charge in [0.05, 0.1) is 5.69 Å². The molecule has 1 saturated heterocycles. The second-order valence-corrected chi connectivity index (χ2v) is 5.89. The third-order valence-electron chi connectivity index (χ3n) is 3.26. The Bertz CT molecular complexity index is 428. The topological polar surface area (TPSA) is 42.2 Å². The second-order valence-electron chi connectivity index (χ2n) is 5.45. The van der Waals surface area contributed by atoms with E-state index in [1.165, 1.54) is 18.5 Å². The Morgan fingerprint density at radius 2 is 2.29 bits per heavy atom. The Hall–Kier alpha value is -1.16. The lowest BCUT2D eigenvalue weighted by Crippen LogP contribution is -2.40. The number of hydrogen-bond acceptors (Lipinski definition) is 3. The van der Waals surface area contributed by atoms with Gasteiger partial charge in [0.2, 0.25) is 0 Å². The van der Waals surface area contributed by atoms with E-state index in [2.05, 4.69) is 23.7 Å². The standard InChI is InChI=1S/C13H19N3S/c1-13(2)5-3-7-16(9-13)10-4-6-15-11(8-10)12(14)17/h4,6,8H,3,5,7,9H2,1-2H3,(H2,14,17). The minimum atomic E-state index is 0.364. The maximum absolute atomic E-state index is 5.62. The van der Waals surface area contributed by atoms with Gasteiger partial charge in [-0.05, 0) is 30.4 Å². The zero-order chi connectivity index (χ0) is 12.5. The quantitative estimate of drug-likeness (QED) is 0.817. The summed E-state index contributed by atoms with van der Waals surface area (Å²) in [6.45, 7) is 6.81. The highest BCUT2D eigenvalue weighted by Crippen LogP contribution is 2.31. The number of nitrogens with two attached hydrogens (primary N) is 1. The zero-order valence-electron chi connectivity index (χ0n) is 10.4. The molecular weight excluding hydrogens is 230 g/mol. The second kappa shape index (κ2) is 4.61. The number of rotatable bonds is 2. The maximum Gasteiger partial charge on any atom is 0.122 e. The fourth-order valence-corrected chi connectivity index (χ4v) is 2.51. The molecule has 1 aliphatic rings. The minimum absolute atomic E-state index is 0.364. The van der Waals surface area contributed by atoms with Crippen molar-refractivity contribution in [3.05, 3.63) is 24.0 Å². The number of hydrogen-bond donors (Lipinski definition) is 1. The Morgan fingerprint density at radius 3 is 2.94 bits per heavy atom. The first-order valence-corrected chi connectivity index (χ1v) is 6.40. The van der Waals surface area contributed by atoms with E-state index >= 15 is 0 Å². The highest BCUT2D eigenvalue weighted by Gasteiger charge is 2.26. The molecular formula is C13H19N3S. The molecule has 17 heavy (non-hydrogen) atoms. The van der Waals surface area contributed by atoms with E-state index in [1.54, 1.807) is 6.20 Å².